The van der Waals surface area contributed by atoms with Crippen LogP contribution in [0.15, 0.2) is 35.2 Å². The molecule has 2 aromatic rings. The lowest BCUT2D eigenvalue weighted by atomic mass is 10.2. The lowest BCUT2D eigenvalue weighted by molar-refractivity contribution is 0.598. The first-order valence-corrected chi connectivity index (χ1v) is 7.91. The van der Waals surface area contributed by atoms with E-state index in [1.807, 2.05) is 0 Å². The summed E-state index contributed by atoms with van der Waals surface area (Å²) in [6, 6.07) is 6.91. The number of nitrogens with one attached hydrogen (secondary N) is 1. The maximum absolute atomic E-state index is 13.8. The van der Waals surface area contributed by atoms with Gasteiger partial charge in [0.25, 0.3) is 10.0 Å². The molecule has 0 fully saturated rings. The number of hydrogen-bond acceptors (Lipinski definition) is 3. The largest absolute Gasteiger partial charge is 0.398 e. The summed E-state index contributed by atoms with van der Waals surface area (Å²) in [4.78, 5) is -0.188. The number of aryl methyl sites for hydroxylation is 2. The maximum Gasteiger partial charge on any atom is 0.263 e. The van der Waals surface area contributed by atoms with Gasteiger partial charge in [0.1, 0.15) is 10.7 Å². The van der Waals surface area contributed by atoms with Crippen molar-refractivity contribution in [2.75, 3.05) is 10.5 Å². The smallest absolute Gasteiger partial charge is 0.263 e. The standard InChI is InChI=1S/C14H14ClFN2O2S/c1-8-3-4-13(11(16)5-8)18-21(19,20)14-7-12(17)9(2)6-10(14)15/h3-7,18H,17H2,1-2H3. The van der Waals surface area contributed by atoms with Gasteiger partial charge in [-0.15, -0.1) is 0 Å². The van der Waals surface area contributed by atoms with Crippen LogP contribution in [0.25, 0.3) is 0 Å². The first-order chi connectivity index (χ1) is 9.70. The monoisotopic (exact) mass is 328 g/mol. The molecule has 0 radical (unpaired) electrons. The molecular weight excluding hydrogens is 315 g/mol. The van der Waals surface area contributed by atoms with E-state index < -0.39 is 15.8 Å². The Hall–Kier alpha value is -1.79. The maximum atomic E-state index is 13.8. The zero-order valence-electron chi connectivity index (χ0n) is 11.4. The number of sulfonamides is 1. The molecule has 2 aromatic carbocycles. The van der Waals surface area contributed by atoms with Gasteiger partial charge in [-0.25, -0.2) is 12.8 Å². The van der Waals surface area contributed by atoms with Gasteiger partial charge in [0.05, 0.1) is 10.7 Å². The molecule has 0 atom stereocenters. The first kappa shape index (κ1) is 15.6. The third-order valence-electron chi connectivity index (χ3n) is 2.98. The number of hydrogen-bond donors (Lipinski definition) is 2. The number of halogens is 2. The lowest BCUT2D eigenvalue weighted by Crippen LogP contribution is -2.15. The van der Waals surface area contributed by atoms with E-state index in [4.69, 9.17) is 17.3 Å². The number of nitrogens with two attached hydrogens (primary N) is 1. The minimum atomic E-state index is -4.02. The van der Waals surface area contributed by atoms with Crippen LogP contribution in [-0.2, 0) is 10.0 Å². The molecule has 7 heteroatoms. The molecule has 4 nitrogen and oxygen atoms in total. The van der Waals surface area contributed by atoms with Crippen molar-refractivity contribution < 1.29 is 12.8 Å². The summed E-state index contributed by atoms with van der Waals surface area (Å²) in [7, 11) is -4.02. The highest BCUT2D eigenvalue weighted by Crippen LogP contribution is 2.29. The Morgan fingerprint density at radius 3 is 2.48 bits per heavy atom. The highest BCUT2D eigenvalue weighted by atomic mass is 35.5. The summed E-state index contributed by atoms with van der Waals surface area (Å²) in [5, 5.41) is 0.0294. The molecule has 3 N–H and O–H groups in total. The molecule has 21 heavy (non-hydrogen) atoms. The second-order valence-electron chi connectivity index (χ2n) is 4.73. The predicted molar refractivity (Wildman–Crippen MR) is 82.5 cm³/mol. The summed E-state index contributed by atoms with van der Waals surface area (Å²) in [6.45, 7) is 3.42. The van der Waals surface area contributed by atoms with Crippen LogP contribution in [0, 0.1) is 19.7 Å². The van der Waals surface area contributed by atoms with Crippen molar-refractivity contribution in [3.05, 3.63) is 52.3 Å². The Morgan fingerprint density at radius 2 is 1.86 bits per heavy atom. The van der Waals surface area contributed by atoms with Crippen molar-refractivity contribution in [1.82, 2.24) is 0 Å². The molecule has 0 spiro atoms. The minimum absolute atomic E-state index is 0.0294. The van der Waals surface area contributed by atoms with Crippen LogP contribution in [0.1, 0.15) is 11.1 Å². The molecular formula is C14H14ClFN2O2S. The van der Waals surface area contributed by atoms with E-state index in [1.165, 1.54) is 24.3 Å². The van der Waals surface area contributed by atoms with Crippen LogP contribution in [-0.4, -0.2) is 8.42 Å². The number of nitrogen functional groups attached to an aromatic ring is 1. The van der Waals surface area contributed by atoms with Crippen molar-refractivity contribution >= 4 is 33.0 Å². The predicted octanol–water partition coefficient (Wildman–Crippen LogP) is 3.48. The third kappa shape index (κ3) is 3.28. The minimum Gasteiger partial charge on any atom is -0.398 e. The first-order valence-electron chi connectivity index (χ1n) is 6.05. The molecule has 0 aliphatic heterocycles. The number of rotatable bonds is 3. The highest BCUT2D eigenvalue weighted by Gasteiger charge is 2.20. The highest BCUT2D eigenvalue weighted by molar-refractivity contribution is 7.92. The topological polar surface area (TPSA) is 72.2 Å². The third-order valence-corrected chi connectivity index (χ3v) is 4.81. The Bertz CT molecular complexity index is 807. The molecule has 0 aliphatic carbocycles. The van der Waals surface area contributed by atoms with Crippen LogP contribution < -0.4 is 10.5 Å². The van der Waals surface area contributed by atoms with Gasteiger partial charge in [0.15, 0.2) is 0 Å². The second-order valence-corrected chi connectivity index (χ2v) is 6.79. The summed E-state index contributed by atoms with van der Waals surface area (Å²) >= 11 is 5.95. The van der Waals surface area contributed by atoms with Crippen LogP contribution in [0.5, 0.6) is 0 Å². The summed E-state index contributed by atoms with van der Waals surface area (Å²) < 4.78 is 40.5. The fourth-order valence-electron chi connectivity index (χ4n) is 1.78. The molecule has 0 amide bonds. The Kier molecular flexibility index (Phi) is 4.11. The van der Waals surface area contributed by atoms with E-state index in [9.17, 15) is 12.8 Å². The van der Waals surface area contributed by atoms with Crippen LogP contribution in [0.3, 0.4) is 0 Å². The van der Waals surface area contributed by atoms with Gasteiger partial charge in [-0.3, -0.25) is 4.72 Å². The van der Waals surface area contributed by atoms with E-state index >= 15 is 0 Å². The molecule has 2 rings (SSSR count). The van der Waals surface area contributed by atoms with E-state index in [-0.39, 0.29) is 15.6 Å². The molecule has 0 aromatic heterocycles. The van der Waals surface area contributed by atoms with E-state index in [1.54, 1.807) is 19.9 Å². The second kappa shape index (κ2) is 5.54. The Labute approximate surface area is 127 Å². The zero-order chi connectivity index (χ0) is 15.8. The summed E-state index contributed by atoms with van der Waals surface area (Å²) in [6.07, 6.45) is 0. The summed E-state index contributed by atoms with van der Waals surface area (Å²) in [5.41, 5.74) is 7.21. The van der Waals surface area contributed by atoms with Crippen molar-refractivity contribution in [3.63, 3.8) is 0 Å². The molecule has 0 saturated carbocycles. The van der Waals surface area contributed by atoms with Gasteiger partial charge in [-0.1, -0.05) is 17.7 Å². The van der Waals surface area contributed by atoms with E-state index in [0.29, 0.717) is 16.8 Å². The molecule has 0 saturated heterocycles. The average molecular weight is 329 g/mol. The van der Waals surface area contributed by atoms with E-state index in [0.717, 1.165) is 0 Å². The van der Waals surface area contributed by atoms with Crippen molar-refractivity contribution in [3.8, 4) is 0 Å². The van der Waals surface area contributed by atoms with Crippen LogP contribution in [0.2, 0.25) is 5.02 Å². The molecule has 0 heterocycles. The van der Waals surface area contributed by atoms with Gasteiger partial charge in [-0.05, 0) is 49.2 Å². The molecule has 0 unspecified atom stereocenters. The fraction of sp³-hybridized carbons (Fsp3) is 0.143. The Morgan fingerprint density at radius 1 is 1.19 bits per heavy atom. The summed E-state index contributed by atoms with van der Waals surface area (Å²) in [5.74, 6) is -0.658. The van der Waals surface area contributed by atoms with Gasteiger partial charge in [0.2, 0.25) is 0 Å². The fourth-order valence-corrected chi connectivity index (χ4v) is 3.46. The average Bonchev–Trinajstić information content (AvgIpc) is 2.37. The number of anilines is 2. The number of benzene rings is 2. The Balaban J connectivity index is 2.46. The normalized spacial score (nSPS) is 11.4. The molecule has 0 bridgehead atoms. The SMILES string of the molecule is Cc1ccc(NS(=O)(=O)c2cc(N)c(C)cc2Cl)c(F)c1. The zero-order valence-corrected chi connectivity index (χ0v) is 13.0. The quantitative estimate of drug-likeness (QED) is 0.847. The molecule has 112 valence electrons. The van der Waals surface area contributed by atoms with Crippen molar-refractivity contribution in [2.45, 2.75) is 18.7 Å². The van der Waals surface area contributed by atoms with Crippen LogP contribution >= 0.6 is 11.6 Å². The molecule has 0 aliphatic rings. The van der Waals surface area contributed by atoms with Gasteiger partial charge >= 0.3 is 0 Å². The van der Waals surface area contributed by atoms with Crippen molar-refractivity contribution in [1.29, 1.82) is 0 Å². The van der Waals surface area contributed by atoms with Gasteiger partial charge in [0, 0.05) is 5.69 Å². The lowest BCUT2D eigenvalue weighted by Gasteiger charge is -2.12. The van der Waals surface area contributed by atoms with E-state index in [2.05, 4.69) is 4.72 Å². The van der Waals surface area contributed by atoms with Gasteiger partial charge < -0.3 is 5.73 Å². The van der Waals surface area contributed by atoms with Crippen molar-refractivity contribution in [2.24, 2.45) is 0 Å². The van der Waals surface area contributed by atoms with Crippen LogP contribution in [0.4, 0.5) is 15.8 Å². The van der Waals surface area contributed by atoms with Gasteiger partial charge in [-0.2, -0.15) is 0 Å².